The standard InChI is InChI=1S/C39H41Cl2N7O4S/c1-21-17-30(47-38(52-2)28(21)19-42-18-24-13-14-32(49)45-24)27-7-3-5-25(34(27)40)26-6-4-8-29(35(26)41)46-37-36-31(15-16-43-37)53-33(48-36)20-44-23-11-9-22(10-12-23)39(50)51/h3-8,15-17,22-24,42,44H,9-14,18-20H2,1-2H3,(H,43,46)(H,45,49)(H,50,51)/t22-,23-,24-/m0/s1. The SMILES string of the molecule is COc1nc(-c2cccc(-c3cccc(Nc4nccc5sc(CN[C@H]6CC[C@H](C(=O)O)CC6)nc45)c3Cl)c2Cl)cc(C)c1CNC[C@@H]1CCC(=O)N1. The number of methoxy groups -OCH3 is 1. The summed E-state index contributed by atoms with van der Waals surface area (Å²) in [5.74, 6) is 0.272. The predicted molar refractivity (Wildman–Crippen MR) is 210 cm³/mol. The van der Waals surface area contributed by atoms with Gasteiger partial charge < -0.3 is 31.1 Å². The smallest absolute Gasteiger partial charge is 0.306 e. The lowest BCUT2D eigenvalue weighted by molar-refractivity contribution is -0.142. The molecule has 1 aliphatic heterocycles. The minimum Gasteiger partial charge on any atom is -0.481 e. The van der Waals surface area contributed by atoms with Crippen molar-refractivity contribution in [2.45, 2.75) is 70.6 Å². The Hall–Kier alpha value is -4.33. The van der Waals surface area contributed by atoms with Crippen LogP contribution in [0.15, 0.2) is 54.7 Å². The summed E-state index contributed by atoms with van der Waals surface area (Å²) < 4.78 is 6.73. The quantitative estimate of drug-likeness (QED) is 0.0800. The van der Waals surface area contributed by atoms with E-state index in [0.29, 0.717) is 72.0 Å². The first kappa shape index (κ1) is 37.0. The Morgan fingerprint density at radius 2 is 1.75 bits per heavy atom. The zero-order valence-electron chi connectivity index (χ0n) is 29.5. The molecule has 2 aromatic carbocycles. The highest BCUT2D eigenvalue weighted by Gasteiger charge is 2.26. The summed E-state index contributed by atoms with van der Waals surface area (Å²) in [6.45, 7) is 3.85. The van der Waals surface area contributed by atoms with Crippen molar-refractivity contribution in [3.63, 3.8) is 0 Å². The number of aromatic nitrogens is 3. The zero-order valence-corrected chi connectivity index (χ0v) is 31.8. The number of carboxylic acid groups (broad SMARTS) is 1. The van der Waals surface area contributed by atoms with Gasteiger partial charge in [-0.2, -0.15) is 0 Å². The van der Waals surface area contributed by atoms with Crippen molar-refractivity contribution in [1.29, 1.82) is 0 Å². The van der Waals surface area contributed by atoms with Crippen molar-refractivity contribution >= 4 is 68.1 Å². The second-order valence-corrected chi connectivity index (χ2v) is 15.5. The number of aliphatic carboxylic acids is 1. The Bertz CT molecular complexity index is 2150. The van der Waals surface area contributed by atoms with E-state index in [0.717, 1.165) is 62.3 Å². The average molecular weight is 775 g/mol. The third-order valence-electron chi connectivity index (χ3n) is 10.1. The number of carboxylic acids is 1. The number of aryl methyl sites for hydroxylation is 1. The molecule has 5 N–H and O–H groups in total. The molecule has 5 aromatic rings. The molecule has 11 nitrogen and oxygen atoms in total. The van der Waals surface area contributed by atoms with E-state index in [-0.39, 0.29) is 23.9 Å². The van der Waals surface area contributed by atoms with Crippen molar-refractivity contribution in [2.75, 3.05) is 19.0 Å². The molecular formula is C39H41Cl2N7O4S. The normalized spacial score (nSPS) is 18.6. The number of carbonyl (C=O) groups excluding carboxylic acids is 1. The van der Waals surface area contributed by atoms with Crippen molar-refractivity contribution in [2.24, 2.45) is 5.92 Å². The largest absolute Gasteiger partial charge is 0.481 e. The Kier molecular flexibility index (Phi) is 11.4. The van der Waals surface area contributed by atoms with Gasteiger partial charge in [-0.3, -0.25) is 9.59 Å². The molecule has 0 radical (unpaired) electrons. The molecule has 1 aliphatic carbocycles. The first-order valence-electron chi connectivity index (χ1n) is 17.8. The van der Waals surface area contributed by atoms with Gasteiger partial charge in [0.15, 0.2) is 5.82 Å². The monoisotopic (exact) mass is 773 g/mol. The summed E-state index contributed by atoms with van der Waals surface area (Å²) in [4.78, 5) is 37.3. The van der Waals surface area contributed by atoms with E-state index in [1.165, 1.54) is 0 Å². The summed E-state index contributed by atoms with van der Waals surface area (Å²) >= 11 is 15.9. The maximum atomic E-state index is 11.6. The fourth-order valence-corrected chi connectivity index (χ4v) is 8.65. The van der Waals surface area contributed by atoms with Crippen LogP contribution in [-0.4, -0.2) is 57.7 Å². The van der Waals surface area contributed by atoms with Gasteiger partial charge in [-0.1, -0.05) is 53.5 Å². The molecule has 2 aliphatic rings. The van der Waals surface area contributed by atoms with E-state index in [1.54, 1.807) is 24.6 Å². The zero-order chi connectivity index (χ0) is 37.1. The third-order valence-corrected chi connectivity index (χ3v) is 11.9. The number of rotatable bonds is 13. The van der Waals surface area contributed by atoms with Gasteiger partial charge in [0.1, 0.15) is 10.5 Å². The van der Waals surface area contributed by atoms with Crippen molar-refractivity contribution in [3.05, 3.63) is 80.9 Å². The molecule has 7 rings (SSSR count). The Morgan fingerprint density at radius 1 is 1.00 bits per heavy atom. The van der Waals surface area contributed by atoms with Crippen LogP contribution >= 0.6 is 34.5 Å². The number of amides is 1. The molecular weight excluding hydrogens is 733 g/mol. The number of carbonyl (C=O) groups is 2. The number of hydrogen-bond acceptors (Lipinski definition) is 10. The lowest BCUT2D eigenvalue weighted by atomic mass is 9.86. The Morgan fingerprint density at radius 3 is 2.49 bits per heavy atom. The Balaban J connectivity index is 1.08. The minimum atomic E-state index is -0.697. The minimum absolute atomic E-state index is 0.0968. The molecule has 3 aromatic heterocycles. The van der Waals surface area contributed by atoms with Crippen molar-refractivity contribution in [3.8, 4) is 28.3 Å². The van der Waals surface area contributed by atoms with Gasteiger partial charge in [-0.05, 0) is 62.8 Å². The maximum Gasteiger partial charge on any atom is 0.306 e. The van der Waals surface area contributed by atoms with Crippen molar-refractivity contribution < 1.29 is 19.4 Å². The lowest BCUT2D eigenvalue weighted by Crippen LogP contribution is -2.35. The highest BCUT2D eigenvalue weighted by atomic mass is 35.5. The molecule has 0 unspecified atom stereocenters. The molecule has 1 saturated carbocycles. The molecule has 1 saturated heterocycles. The van der Waals surface area contributed by atoms with Crippen molar-refractivity contribution in [1.82, 2.24) is 30.9 Å². The topological polar surface area (TPSA) is 150 Å². The summed E-state index contributed by atoms with van der Waals surface area (Å²) in [5, 5.41) is 24.7. The average Bonchev–Trinajstić information content (AvgIpc) is 3.78. The van der Waals surface area contributed by atoms with E-state index >= 15 is 0 Å². The number of anilines is 2. The van der Waals surface area contributed by atoms with Gasteiger partial charge in [0, 0.05) is 66.6 Å². The van der Waals surface area contributed by atoms with Gasteiger partial charge in [0.25, 0.3) is 0 Å². The van der Waals surface area contributed by atoms with Gasteiger partial charge in [-0.15, -0.1) is 11.3 Å². The highest BCUT2D eigenvalue weighted by Crippen LogP contribution is 2.43. The number of thiazole rings is 1. The van der Waals surface area contributed by atoms with E-state index in [2.05, 4.69) is 26.3 Å². The Labute approximate surface area is 321 Å². The predicted octanol–water partition coefficient (Wildman–Crippen LogP) is 7.89. The van der Waals surface area contributed by atoms with Crippen LogP contribution in [0.4, 0.5) is 11.5 Å². The van der Waals surface area contributed by atoms with Crippen LogP contribution in [-0.2, 0) is 22.7 Å². The molecule has 0 spiro atoms. The summed E-state index contributed by atoms with van der Waals surface area (Å²) in [7, 11) is 1.61. The number of hydrogen-bond donors (Lipinski definition) is 5. The number of benzene rings is 2. The van der Waals surface area contributed by atoms with E-state index in [1.807, 2.05) is 55.5 Å². The van der Waals surface area contributed by atoms with Gasteiger partial charge >= 0.3 is 5.97 Å². The van der Waals surface area contributed by atoms with Crippen LogP contribution < -0.4 is 26.0 Å². The number of nitrogens with zero attached hydrogens (tertiary/aromatic N) is 3. The van der Waals surface area contributed by atoms with E-state index in [9.17, 15) is 14.7 Å². The van der Waals surface area contributed by atoms with Crippen LogP contribution in [0.3, 0.4) is 0 Å². The van der Waals surface area contributed by atoms with Crippen LogP contribution in [0.1, 0.15) is 54.7 Å². The number of ether oxygens (including phenoxy) is 1. The fourth-order valence-electron chi connectivity index (χ4n) is 7.14. The summed E-state index contributed by atoms with van der Waals surface area (Å²) in [5.41, 5.74) is 6.31. The van der Waals surface area contributed by atoms with Crippen LogP contribution in [0.5, 0.6) is 5.88 Å². The molecule has 1 atom stereocenters. The number of nitrogens with one attached hydrogen (secondary N) is 4. The summed E-state index contributed by atoms with van der Waals surface area (Å²) in [6, 6.07) is 15.9. The third kappa shape index (κ3) is 8.27. The number of fused-ring (bicyclic) bond motifs is 1. The van der Waals surface area contributed by atoms with Gasteiger partial charge in [0.05, 0.1) is 39.2 Å². The molecule has 1 amide bonds. The molecule has 2 fully saturated rings. The molecule has 4 heterocycles. The fraction of sp³-hybridized carbons (Fsp3) is 0.359. The molecule has 276 valence electrons. The summed E-state index contributed by atoms with van der Waals surface area (Å²) in [6.07, 6.45) is 6.23. The van der Waals surface area contributed by atoms with E-state index in [4.69, 9.17) is 37.9 Å². The maximum absolute atomic E-state index is 11.6. The van der Waals surface area contributed by atoms with Gasteiger partial charge in [-0.25, -0.2) is 15.0 Å². The second kappa shape index (κ2) is 16.4. The highest BCUT2D eigenvalue weighted by molar-refractivity contribution is 7.18. The number of halogens is 2. The van der Waals surface area contributed by atoms with E-state index < -0.39 is 5.97 Å². The lowest BCUT2D eigenvalue weighted by Gasteiger charge is -2.26. The van der Waals surface area contributed by atoms with Crippen LogP contribution in [0.25, 0.3) is 32.6 Å². The van der Waals surface area contributed by atoms with Crippen LogP contribution in [0.2, 0.25) is 10.0 Å². The molecule has 0 bridgehead atoms. The second-order valence-electron chi connectivity index (χ2n) is 13.6. The molecule has 53 heavy (non-hydrogen) atoms. The number of pyridine rings is 2. The van der Waals surface area contributed by atoms with Gasteiger partial charge in [0.2, 0.25) is 11.8 Å². The first-order valence-corrected chi connectivity index (χ1v) is 19.4. The molecule has 14 heteroatoms. The first-order chi connectivity index (χ1) is 25.7. The van der Waals surface area contributed by atoms with Crippen LogP contribution in [0, 0.1) is 12.8 Å².